The molecule has 0 aromatic heterocycles. The molecule has 4 heteroatoms. The van der Waals surface area contributed by atoms with Crippen LogP contribution in [0.3, 0.4) is 0 Å². The van der Waals surface area contributed by atoms with E-state index in [9.17, 15) is 14.4 Å². The van der Waals surface area contributed by atoms with Crippen LogP contribution in [-0.2, 0) is 4.79 Å². The predicted molar refractivity (Wildman–Crippen MR) is 131 cm³/mol. The average molecular weight is 458 g/mol. The number of allylic oxidation sites excluding steroid dienone is 4. The summed E-state index contributed by atoms with van der Waals surface area (Å²) < 4.78 is 0. The summed E-state index contributed by atoms with van der Waals surface area (Å²) in [5, 5.41) is 0. The highest BCUT2D eigenvalue weighted by Crippen LogP contribution is 2.66. The zero-order valence-corrected chi connectivity index (χ0v) is 20.5. The summed E-state index contributed by atoms with van der Waals surface area (Å²) in [6.45, 7) is 7.64. The summed E-state index contributed by atoms with van der Waals surface area (Å²) in [6, 6.07) is 7.20. The molecule has 6 rings (SSSR count). The largest absolute Gasteiger partial charge is 0.295 e. The van der Waals surface area contributed by atoms with Crippen LogP contribution in [0, 0.1) is 40.4 Å². The minimum absolute atomic E-state index is 0.124. The highest BCUT2D eigenvalue weighted by Gasteiger charge is 2.58. The molecule has 1 heterocycles. The first-order chi connectivity index (χ1) is 16.2. The Labute approximate surface area is 202 Å². The summed E-state index contributed by atoms with van der Waals surface area (Å²) >= 11 is 0. The normalized spacial score (nSPS) is 39.3. The molecule has 178 valence electrons. The second-order valence-corrected chi connectivity index (χ2v) is 12.1. The maximum absolute atomic E-state index is 13.0. The number of carbonyl (C=O) groups is 3. The van der Waals surface area contributed by atoms with E-state index in [1.54, 1.807) is 12.1 Å². The van der Waals surface area contributed by atoms with Gasteiger partial charge in [0.2, 0.25) is 0 Å². The van der Waals surface area contributed by atoms with Crippen LogP contribution in [0.4, 0.5) is 0 Å². The Balaban J connectivity index is 1.23. The van der Waals surface area contributed by atoms with Gasteiger partial charge in [-0.15, -0.1) is 0 Å². The van der Waals surface area contributed by atoms with Gasteiger partial charge in [-0.3, -0.25) is 19.3 Å². The number of fused-ring (bicyclic) bond motifs is 6. The molecule has 7 atom stereocenters. The number of hydrogen-bond acceptors (Lipinski definition) is 3. The number of ketones is 1. The molecule has 0 saturated heterocycles. The number of imide groups is 1. The van der Waals surface area contributed by atoms with Gasteiger partial charge >= 0.3 is 0 Å². The second kappa shape index (κ2) is 7.50. The van der Waals surface area contributed by atoms with Crippen LogP contribution in [-0.4, -0.2) is 29.0 Å². The average Bonchev–Trinajstić information content (AvgIpc) is 3.29. The molecule has 1 aromatic rings. The zero-order chi connectivity index (χ0) is 23.8. The van der Waals surface area contributed by atoms with Crippen LogP contribution in [0.5, 0.6) is 0 Å². The summed E-state index contributed by atoms with van der Waals surface area (Å²) in [5.74, 6) is 2.60. The number of amides is 2. The summed E-state index contributed by atoms with van der Waals surface area (Å²) in [7, 11) is 0. The fourth-order valence-electron chi connectivity index (χ4n) is 8.79. The van der Waals surface area contributed by atoms with Crippen LogP contribution >= 0.6 is 0 Å². The molecule has 2 amide bonds. The predicted octanol–water partition coefficient (Wildman–Crippen LogP) is 5.84. The van der Waals surface area contributed by atoms with Gasteiger partial charge in [0.25, 0.3) is 11.8 Å². The monoisotopic (exact) mass is 457 g/mol. The lowest BCUT2D eigenvalue weighted by atomic mass is 9.48. The molecule has 4 aliphatic carbocycles. The van der Waals surface area contributed by atoms with E-state index in [1.807, 2.05) is 18.2 Å². The SMILES string of the molecule is C[C@H](CN1C(=O)c2ccccc2C1=O)C1CCC2C3C=CC4=CC(=O)CC[C@]4(C)C3CC[C@@]21C. The number of rotatable bonds is 3. The minimum atomic E-state index is -0.134. The molecule has 4 unspecified atom stereocenters. The van der Waals surface area contributed by atoms with Crippen molar-refractivity contribution in [2.45, 2.75) is 59.3 Å². The Morgan fingerprint density at radius 2 is 1.68 bits per heavy atom. The first kappa shape index (κ1) is 22.0. The fourth-order valence-corrected chi connectivity index (χ4v) is 8.79. The van der Waals surface area contributed by atoms with Gasteiger partial charge in [-0.2, -0.15) is 0 Å². The van der Waals surface area contributed by atoms with E-state index in [4.69, 9.17) is 0 Å². The molecule has 4 nitrogen and oxygen atoms in total. The second-order valence-electron chi connectivity index (χ2n) is 12.1. The van der Waals surface area contributed by atoms with E-state index >= 15 is 0 Å². The molecule has 0 spiro atoms. The van der Waals surface area contributed by atoms with Crippen molar-refractivity contribution in [2.24, 2.45) is 40.4 Å². The van der Waals surface area contributed by atoms with Crippen LogP contribution in [0.2, 0.25) is 0 Å². The van der Waals surface area contributed by atoms with Gasteiger partial charge in [-0.05, 0) is 96.3 Å². The summed E-state index contributed by atoms with van der Waals surface area (Å²) in [5.41, 5.74) is 2.70. The first-order valence-corrected chi connectivity index (χ1v) is 13.1. The lowest BCUT2D eigenvalue weighted by Gasteiger charge is -2.56. The third kappa shape index (κ3) is 2.93. The Bertz CT molecular complexity index is 1110. The molecule has 0 N–H and O–H groups in total. The van der Waals surface area contributed by atoms with Gasteiger partial charge in [0.1, 0.15) is 0 Å². The summed E-state index contributed by atoms with van der Waals surface area (Å²) in [4.78, 5) is 39.5. The first-order valence-electron chi connectivity index (χ1n) is 13.1. The van der Waals surface area contributed by atoms with E-state index in [-0.39, 0.29) is 34.3 Å². The van der Waals surface area contributed by atoms with Gasteiger partial charge in [0.15, 0.2) is 5.78 Å². The Morgan fingerprint density at radius 3 is 2.38 bits per heavy atom. The molecule has 0 radical (unpaired) electrons. The lowest BCUT2D eigenvalue weighted by Crippen LogP contribution is -2.50. The number of hydrogen-bond donors (Lipinski definition) is 0. The van der Waals surface area contributed by atoms with Crippen molar-refractivity contribution in [3.05, 3.63) is 59.2 Å². The van der Waals surface area contributed by atoms with Crippen LogP contribution in [0.15, 0.2) is 48.1 Å². The molecule has 1 aliphatic heterocycles. The summed E-state index contributed by atoms with van der Waals surface area (Å²) in [6.07, 6.45) is 13.0. The third-order valence-corrected chi connectivity index (χ3v) is 10.6. The van der Waals surface area contributed by atoms with E-state index in [2.05, 4.69) is 32.9 Å². The van der Waals surface area contributed by atoms with Crippen molar-refractivity contribution in [1.29, 1.82) is 0 Å². The maximum Gasteiger partial charge on any atom is 0.261 e. The van der Waals surface area contributed by atoms with Crippen molar-refractivity contribution in [3.63, 3.8) is 0 Å². The van der Waals surface area contributed by atoms with Crippen molar-refractivity contribution in [3.8, 4) is 0 Å². The van der Waals surface area contributed by atoms with Crippen LogP contribution in [0.25, 0.3) is 0 Å². The van der Waals surface area contributed by atoms with Crippen molar-refractivity contribution >= 4 is 17.6 Å². The lowest BCUT2D eigenvalue weighted by molar-refractivity contribution is -0.116. The Morgan fingerprint density at radius 1 is 0.971 bits per heavy atom. The van der Waals surface area contributed by atoms with Crippen molar-refractivity contribution in [2.75, 3.05) is 6.54 Å². The van der Waals surface area contributed by atoms with Gasteiger partial charge in [0, 0.05) is 13.0 Å². The van der Waals surface area contributed by atoms with Gasteiger partial charge in [-0.1, -0.05) is 45.1 Å². The van der Waals surface area contributed by atoms with Gasteiger partial charge in [-0.25, -0.2) is 0 Å². The Kier molecular flexibility index (Phi) is 4.86. The molecular weight excluding hydrogens is 422 g/mol. The van der Waals surface area contributed by atoms with Crippen molar-refractivity contribution < 1.29 is 14.4 Å². The zero-order valence-electron chi connectivity index (χ0n) is 20.5. The molecule has 0 bridgehead atoms. The molecule has 2 fully saturated rings. The van der Waals surface area contributed by atoms with E-state index in [0.717, 1.165) is 6.42 Å². The third-order valence-electron chi connectivity index (χ3n) is 10.6. The van der Waals surface area contributed by atoms with E-state index in [1.165, 1.54) is 36.2 Å². The maximum atomic E-state index is 13.0. The van der Waals surface area contributed by atoms with Gasteiger partial charge < -0.3 is 0 Å². The highest BCUT2D eigenvalue weighted by atomic mass is 16.2. The number of carbonyl (C=O) groups excluding carboxylic acids is 3. The van der Waals surface area contributed by atoms with Crippen LogP contribution in [0.1, 0.15) is 80.0 Å². The smallest absolute Gasteiger partial charge is 0.261 e. The van der Waals surface area contributed by atoms with Crippen LogP contribution < -0.4 is 0 Å². The molecule has 1 aromatic carbocycles. The van der Waals surface area contributed by atoms with Crippen molar-refractivity contribution in [1.82, 2.24) is 4.90 Å². The standard InChI is InChI=1S/C30H35NO3/c1-18(17-31-27(33)21-6-4-5-7-22(21)28(31)34)24-10-11-25-23-9-8-19-16-20(32)12-14-29(19,2)26(23)13-15-30(24,25)3/h4-9,16,18,23-26H,10-15,17H2,1-3H3/t18-,23?,24?,25?,26?,29+,30-/m1/s1. The molecular formula is C30H35NO3. The van der Waals surface area contributed by atoms with Gasteiger partial charge in [0.05, 0.1) is 11.1 Å². The topological polar surface area (TPSA) is 54.5 Å². The quantitative estimate of drug-likeness (QED) is 0.536. The highest BCUT2D eigenvalue weighted by molar-refractivity contribution is 6.21. The number of benzene rings is 1. The fraction of sp³-hybridized carbons (Fsp3) is 0.567. The molecule has 34 heavy (non-hydrogen) atoms. The van der Waals surface area contributed by atoms with E-state index < -0.39 is 0 Å². The van der Waals surface area contributed by atoms with E-state index in [0.29, 0.717) is 47.8 Å². The molecule has 2 saturated carbocycles. The number of nitrogens with zero attached hydrogens (tertiary/aromatic N) is 1. The Hall–Kier alpha value is -2.49. The minimum Gasteiger partial charge on any atom is -0.295 e. The molecule has 5 aliphatic rings.